The Morgan fingerprint density at radius 1 is 0.458 bits per heavy atom. The maximum absolute atomic E-state index is 6.75. The Morgan fingerprint density at radius 3 is 1.85 bits per heavy atom. The number of hydrogen-bond acceptors (Lipinski definition) is 3. The van der Waals surface area contributed by atoms with Crippen molar-refractivity contribution in [2.45, 2.75) is 0 Å². The van der Waals surface area contributed by atoms with Gasteiger partial charge in [0.25, 0.3) is 0 Å². The largest absolute Gasteiger partial charge is 0.454 e. The van der Waals surface area contributed by atoms with Crippen molar-refractivity contribution in [1.82, 2.24) is 14.5 Å². The smallest absolute Gasteiger partial charge is 0.235 e. The van der Waals surface area contributed by atoms with Crippen LogP contribution in [0.25, 0.3) is 94.1 Å². The molecule has 3 heterocycles. The molecule has 0 N–H and O–H groups in total. The summed E-state index contributed by atoms with van der Waals surface area (Å²) in [4.78, 5) is 10.6. The first-order valence-corrected chi connectivity index (χ1v) is 16.2. The lowest BCUT2D eigenvalue weighted by Gasteiger charge is -2.12. The topological polar surface area (TPSA) is 43.9 Å². The molecule has 224 valence electrons. The number of aromatic nitrogens is 3. The Balaban J connectivity index is 1.34. The van der Waals surface area contributed by atoms with Crippen LogP contribution in [0.5, 0.6) is 0 Å². The molecule has 3 aromatic heterocycles. The van der Waals surface area contributed by atoms with E-state index in [0.29, 0.717) is 5.95 Å². The third-order valence-corrected chi connectivity index (χ3v) is 9.42. The van der Waals surface area contributed by atoms with E-state index in [2.05, 4.69) is 138 Å². The number of nitrogens with zero attached hydrogens (tertiary/aromatic N) is 3. The fourth-order valence-electron chi connectivity index (χ4n) is 7.22. The summed E-state index contributed by atoms with van der Waals surface area (Å²) in [6.45, 7) is 0. The number of fused-ring (bicyclic) bond motifs is 8. The molecule has 0 spiro atoms. The van der Waals surface area contributed by atoms with Gasteiger partial charge >= 0.3 is 0 Å². The lowest BCUT2D eigenvalue weighted by molar-refractivity contribution is 0.671. The van der Waals surface area contributed by atoms with Gasteiger partial charge in [-0.2, -0.15) is 0 Å². The van der Waals surface area contributed by atoms with E-state index in [1.165, 1.54) is 11.1 Å². The van der Waals surface area contributed by atoms with E-state index in [0.717, 1.165) is 77.0 Å². The second kappa shape index (κ2) is 10.5. The van der Waals surface area contributed by atoms with Crippen LogP contribution in [0.3, 0.4) is 0 Å². The summed E-state index contributed by atoms with van der Waals surface area (Å²) in [5, 5.41) is 5.39. The van der Waals surface area contributed by atoms with E-state index in [-0.39, 0.29) is 0 Å². The van der Waals surface area contributed by atoms with Crippen LogP contribution in [0.4, 0.5) is 0 Å². The van der Waals surface area contributed by atoms with Gasteiger partial charge in [0, 0.05) is 32.5 Å². The maximum atomic E-state index is 6.75. The molecule has 0 radical (unpaired) electrons. The zero-order valence-electron chi connectivity index (χ0n) is 25.8. The third-order valence-electron chi connectivity index (χ3n) is 9.42. The van der Waals surface area contributed by atoms with E-state index in [1.807, 2.05) is 30.3 Å². The molecule has 10 aromatic rings. The highest BCUT2D eigenvalue weighted by Crippen LogP contribution is 2.45. The Bertz CT molecular complexity index is 2810. The van der Waals surface area contributed by atoms with Crippen LogP contribution in [0, 0.1) is 0 Å². The Morgan fingerprint density at radius 2 is 1.06 bits per heavy atom. The molecule has 7 aromatic carbocycles. The van der Waals surface area contributed by atoms with Crippen LogP contribution in [0.2, 0.25) is 0 Å². The molecule has 4 heteroatoms. The minimum absolute atomic E-state index is 0.608. The van der Waals surface area contributed by atoms with Crippen molar-refractivity contribution in [1.29, 1.82) is 0 Å². The molecule has 0 saturated heterocycles. The fraction of sp³-hybridized carbons (Fsp3) is 0. The molecule has 0 unspecified atom stereocenters. The highest BCUT2D eigenvalue weighted by Gasteiger charge is 2.24. The van der Waals surface area contributed by atoms with Gasteiger partial charge in [0.2, 0.25) is 5.95 Å². The Labute approximate surface area is 276 Å². The van der Waals surface area contributed by atoms with Crippen LogP contribution >= 0.6 is 0 Å². The van der Waals surface area contributed by atoms with E-state index in [1.54, 1.807) is 0 Å². The summed E-state index contributed by atoms with van der Waals surface area (Å²) >= 11 is 0. The number of para-hydroxylation sites is 3. The summed E-state index contributed by atoms with van der Waals surface area (Å²) in [7, 11) is 0. The minimum atomic E-state index is 0.608. The molecule has 0 atom stereocenters. The van der Waals surface area contributed by atoms with Gasteiger partial charge < -0.3 is 4.42 Å². The zero-order valence-corrected chi connectivity index (χ0v) is 25.8. The fourth-order valence-corrected chi connectivity index (χ4v) is 7.22. The van der Waals surface area contributed by atoms with Gasteiger partial charge in [0.05, 0.1) is 16.7 Å². The van der Waals surface area contributed by atoms with Gasteiger partial charge in [-0.15, -0.1) is 0 Å². The third kappa shape index (κ3) is 4.03. The van der Waals surface area contributed by atoms with Crippen LogP contribution < -0.4 is 0 Å². The molecule has 0 aliphatic rings. The number of benzene rings is 7. The summed E-state index contributed by atoms with van der Waals surface area (Å²) < 4.78 is 8.96. The summed E-state index contributed by atoms with van der Waals surface area (Å²) in [5.41, 5.74) is 11.2. The monoisotopic (exact) mass is 613 g/mol. The van der Waals surface area contributed by atoms with Gasteiger partial charge in [-0.05, 0) is 46.5 Å². The number of furan rings is 1. The molecule has 10 rings (SSSR count). The molecule has 0 amide bonds. The molecular weight excluding hydrogens is 587 g/mol. The molecule has 4 nitrogen and oxygen atoms in total. The highest BCUT2D eigenvalue weighted by atomic mass is 16.3. The van der Waals surface area contributed by atoms with Crippen molar-refractivity contribution in [2.75, 3.05) is 0 Å². The van der Waals surface area contributed by atoms with Crippen LogP contribution in [0.15, 0.2) is 168 Å². The zero-order chi connectivity index (χ0) is 31.6. The predicted molar refractivity (Wildman–Crippen MR) is 197 cm³/mol. The first-order chi connectivity index (χ1) is 23.8. The van der Waals surface area contributed by atoms with Gasteiger partial charge in [-0.1, -0.05) is 140 Å². The van der Waals surface area contributed by atoms with Gasteiger partial charge in [-0.3, -0.25) is 4.57 Å². The lowest BCUT2D eigenvalue weighted by Crippen LogP contribution is -2.03. The van der Waals surface area contributed by atoms with Crippen molar-refractivity contribution in [3.8, 4) is 39.5 Å². The van der Waals surface area contributed by atoms with Crippen molar-refractivity contribution in [2.24, 2.45) is 0 Å². The van der Waals surface area contributed by atoms with Crippen LogP contribution in [0.1, 0.15) is 0 Å². The summed E-state index contributed by atoms with van der Waals surface area (Å²) in [6.07, 6.45) is 0. The average Bonchev–Trinajstić information content (AvgIpc) is 3.71. The molecule has 0 bridgehead atoms. The van der Waals surface area contributed by atoms with Crippen molar-refractivity contribution >= 4 is 54.6 Å². The van der Waals surface area contributed by atoms with Gasteiger partial charge in [0.15, 0.2) is 5.58 Å². The molecule has 0 aliphatic heterocycles. The second-order valence-electron chi connectivity index (χ2n) is 12.2. The normalized spacial score (nSPS) is 11.8. The second-order valence-corrected chi connectivity index (χ2v) is 12.2. The van der Waals surface area contributed by atoms with E-state index >= 15 is 0 Å². The summed E-state index contributed by atoms with van der Waals surface area (Å²) in [6, 6.07) is 57.2. The molecule has 0 aliphatic carbocycles. The quantitative estimate of drug-likeness (QED) is 0.198. The van der Waals surface area contributed by atoms with Gasteiger partial charge in [0.1, 0.15) is 11.1 Å². The van der Waals surface area contributed by atoms with Crippen molar-refractivity contribution in [3.05, 3.63) is 164 Å². The number of rotatable bonds is 4. The SMILES string of the molecule is c1ccc(-c2ccc(-c3cc4c5ccccc5oc4c4c3c3ccccc3n4-c3nc(-c4ccccc4)c4ccccc4n3)cc2)cc1. The summed E-state index contributed by atoms with van der Waals surface area (Å²) in [5.74, 6) is 0.608. The van der Waals surface area contributed by atoms with Crippen LogP contribution in [-0.4, -0.2) is 14.5 Å². The van der Waals surface area contributed by atoms with Gasteiger partial charge in [-0.25, -0.2) is 9.97 Å². The lowest BCUT2D eigenvalue weighted by atomic mass is 9.95. The molecule has 0 fully saturated rings. The predicted octanol–water partition coefficient (Wildman–Crippen LogP) is 11.6. The first-order valence-electron chi connectivity index (χ1n) is 16.2. The molecule has 48 heavy (non-hydrogen) atoms. The standard InChI is InChI=1S/C44H27N3O/c1-3-13-28(14-4-1)29-23-25-30(26-24-29)35-27-36-32-17-9-12-22-39(32)48-43(36)42-40(35)34-19-8-11-21-38(34)47(42)44-45-37-20-10-7-18-33(37)41(46-44)31-15-5-2-6-16-31/h1-27H. The van der Waals surface area contributed by atoms with E-state index in [4.69, 9.17) is 14.4 Å². The number of hydrogen-bond donors (Lipinski definition) is 0. The highest BCUT2D eigenvalue weighted by molar-refractivity contribution is 6.26. The van der Waals surface area contributed by atoms with E-state index < -0.39 is 0 Å². The Kier molecular flexibility index (Phi) is 5.84. The molecular formula is C44H27N3O. The first kappa shape index (κ1) is 26.7. The minimum Gasteiger partial charge on any atom is -0.454 e. The Hall–Kier alpha value is -6.52. The van der Waals surface area contributed by atoms with E-state index in [9.17, 15) is 0 Å². The maximum Gasteiger partial charge on any atom is 0.235 e. The molecule has 0 saturated carbocycles. The average molecular weight is 614 g/mol. The van der Waals surface area contributed by atoms with Crippen molar-refractivity contribution < 1.29 is 4.42 Å². The van der Waals surface area contributed by atoms with Crippen LogP contribution in [-0.2, 0) is 0 Å². The van der Waals surface area contributed by atoms with Crippen molar-refractivity contribution in [3.63, 3.8) is 0 Å².